The summed E-state index contributed by atoms with van der Waals surface area (Å²) in [6, 6.07) is 8.72. The molecule has 27 heavy (non-hydrogen) atoms. The first-order chi connectivity index (χ1) is 12.9. The number of pyridine rings is 1. The summed E-state index contributed by atoms with van der Waals surface area (Å²) in [4.78, 5) is 4.14. The second-order valence-electron chi connectivity index (χ2n) is 4.88. The molecule has 0 spiro atoms. The number of benzene rings is 1. The molecule has 150 valence electrons. The fourth-order valence-corrected chi connectivity index (χ4v) is 2.17. The lowest BCUT2D eigenvalue weighted by molar-refractivity contribution is -0.274. The molecule has 2 aromatic rings. The largest absolute Gasteiger partial charge is 0.573 e. The maximum Gasteiger partial charge on any atom is 0.573 e. The number of anilines is 3. The van der Waals surface area contributed by atoms with Crippen LogP contribution in [0.5, 0.6) is 5.75 Å². The van der Waals surface area contributed by atoms with Crippen molar-refractivity contribution in [2.75, 3.05) is 30.4 Å². The molecule has 0 saturated heterocycles. The third-order valence-electron chi connectivity index (χ3n) is 2.93. The molecule has 0 bridgehead atoms. The predicted octanol–water partition coefficient (Wildman–Crippen LogP) is 5.85. The molecule has 2 rings (SSSR count). The number of aromatic nitrogens is 1. The minimum absolute atomic E-state index is 0.279. The summed E-state index contributed by atoms with van der Waals surface area (Å²) >= 11 is 5.99. The Balaban J connectivity index is 0.00000176. The highest BCUT2D eigenvalue weighted by Crippen LogP contribution is 2.26. The Morgan fingerprint density at radius 2 is 1.74 bits per heavy atom. The second-order valence-corrected chi connectivity index (χ2v) is 5.27. The van der Waals surface area contributed by atoms with Gasteiger partial charge in [0.2, 0.25) is 0 Å². The van der Waals surface area contributed by atoms with Crippen LogP contribution >= 0.6 is 11.6 Å². The van der Waals surface area contributed by atoms with Crippen molar-refractivity contribution in [1.82, 2.24) is 4.98 Å². The SMILES string of the molecule is CC.CCOCCNc1cc(Nc2ccc(OC(F)(F)F)cc2)cc(Cl)n1. The number of nitrogens with zero attached hydrogens (tertiary/aromatic N) is 1. The van der Waals surface area contributed by atoms with Crippen LogP contribution in [0, 0.1) is 0 Å². The Morgan fingerprint density at radius 1 is 1.07 bits per heavy atom. The number of hydrogen-bond acceptors (Lipinski definition) is 5. The van der Waals surface area contributed by atoms with Crippen molar-refractivity contribution in [3.05, 3.63) is 41.6 Å². The van der Waals surface area contributed by atoms with Crippen molar-refractivity contribution in [2.45, 2.75) is 27.1 Å². The summed E-state index contributed by atoms with van der Waals surface area (Å²) in [5, 5.41) is 6.40. The highest BCUT2D eigenvalue weighted by atomic mass is 35.5. The van der Waals surface area contributed by atoms with Crippen molar-refractivity contribution >= 4 is 28.8 Å². The van der Waals surface area contributed by atoms with Crippen LogP contribution in [0.4, 0.5) is 30.4 Å². The first-order valence-electron chi connectivity index (χ1n) is 8.48. The number of rotatable bonds is 8. The quantitative estimate of drug-likeness (QED) is 0.426. The molecule has 0 unspecified atom stereocenters. The summed E-state index contributed by atoms with van der Waals surface area (Å²) < 4.78 is 45.5. The molecule has 0 aliphatic rings. The van der Waals surface area contributed by atoms with E-state index < -0.39 is 6.36 Å². The molecule has 0 saturated carbocycles. The van der Waals surface area contributed by atoms with Gasteiger partial charge in [-0.25, -0.2) is 4.98 Å². The van der Waals surface area contributed by atoms with Crippen LogP contribution in [0.3, 0.4) is 0 Å². The van der Waals surface area contributed by atoms with E-state index in [4.69, 9.17) is 16.3 Å². The molecule has 0 aliphatic carbocycles. The smallest absolute Gasteiger partial charge is 0.406 e. The number of ether oxygens (including phenoxy) is 2. The molecule has 2 N–H and O–H groups in total. The van der Waals surface area contributed by atoms with Crippen LogP contribution in [-0.4, -0.2) is 31.1 Å². The highest BCUT2D eigenvalue weighted by Gasteiger charge is 2.30. The summed E-state index contributed by atoms with van der Waals surface area (Å²) in [7, 11) is 0. The number of hydrogen-bond donors (Lipinski definition) is 2. The Hall–Kier alpha value is -2.19. The molecule has 5 nitrogen and oxygen atoms in total. The lowest BCUT2D eigenvalue weighted by atomic mass is 10.3. The van der Waals surface area contributed by atoms with E-state index in [0.717, 1.165) is 0 Å². The first-order valence-corrected chi connectivity index (χ1v) is 8.85. The van der Waals surface area contributed by atoms with E-state index in [1.165, 1.54) is 24.3 Å². The maximum absolute atomic E-state index is 12.2. The summed E-state index contributed by atoms with van der Waals surface area (Å²) in [5.41, 5.74) is 1.22. The Kier molecular flexibility index (Phi) is 9.74. The zero-order chi connectivity index (χ0) is 20.3. The number of halogens is 4. The van der Waals surface area contributed by atoms with E-state index >= 15 is 0 Å². The standard InChI is InChI=1S/C16H17ClF3N3O2.C2H6/c1-2-24-8-7-21-15-10-12(9-14(17)23-15)22-11-3-5-13(6-4-11)25-16(18,19)20;1-2/h3-6,9-10H,2,7-8H2,1H3,(H2,21,22,23);1-2H3. The molecule has 0 atom stereocenters. The first kappa shape index (κ1) is 22.9. The van der Waals surface area contributed by atoms with Gasteiger partial charge in [0.25, 0.3) is 0 Å². The molecule has 9 heteroatoms. The third kappa shape index (κ3) is 9.35. The normalized spacial score (nSPS) is 10.6. The van der Waals surface area contributed by atoms with Gasteiger partial charge in [0.1, 0.15) is 16.7 Å². The maximum atomic E-state index is 12.2. The fraction of sp³-hybridized carbons (Fsp3) is 0.389. The number of alkyl halides is 3. The lowest BCUT2D eigenvalue weighted by Crippen LogP contribution is -2.16. The summed E-state index contributed by atoms with van der Waals surface area (Å²) in [5.74, 6) is 0.274. The van der Waals surface area contributed by atoms with Crippen molar-refractivity contribution in [3.8, 4) is 5.75 Å². The molecule has 1 aromatic carbocycles. The second kappa shape index (κ2) is 11.5. The van der Waals surface area contributed by atoms with E-state index in [9.17, 15) is 13.2 Å². The van der Waals surface area contributed by atoms with E-state index in [1.807, 2.05) is 20.8 Å². The van der Waals surface area contributed by atoms with Crippen LogP contribution in [0.1, 0.15) is 20.8 Å². The Bertz CT molecular complexity index is 683. The van der Waals surface area contributed by atoms with Crippen LogP contribution < -0.4 is 15.4 Å². The topological polar surface area (TPSA) is 55.4 Å². The van der Waals surface area contributed by atoms with Crippen LogP contribution in [0.15, 0.2) is 36.4 Å². The van der Waals surface area contributed by atoms with Gasteiger partial charge in [0.15, 0.2) is 0 Å². The van der Waals surface area contributed by atoms with Gasteiger partial charge < -0.3 is 20.1 Å². The van der Waals surface area contributed by atoms with E-state index in [0.29, 0.717) is 37.0 Å². The molecule has 1 heterocycles. The van der Waals surface area contributed by atoms with Crippen molar-refractivity contribution in [2.24, 2.45) is 0 Å². The van der Waals surface area contributed by atoms with Crippen molar-refractivity contribution in [1.29, 1.82) is 0 Å². The van der Waals surface area contributed by atoms with Gasteiger partial charge >= 0.3 is 6.36 Å². The van der Waals surface area contributed by atoms with Gasteiger partial charge in [-0.2, -0.15) is 0 Å². The van der Waals surface area contributed by atoms with E-state index in [1.54, 1.807) is 12.1 Å². The molecular formula is C18H23ClF3N3O2. The molecular weight excluding hydrogens is 383 g/mol. The highest BCUT2D eigenvalue weighted by molar-refractivity contribution is 6.29. The molecule has 1 aromatic heterocycles. The molecule has 0 aliphatic heterocycles. The van der Waals surface area contributed by atoms with Gasteiger partial charge in [0.05, 0.1) is 6.61 Å². The van der Waals surface area contributed by atoms with E-state index in [-0.39, 0.29) is 10.9 Å². The zero-order valence-corrected chi connectivity index (χ0v) is 16.1. The monoisotopic (exact) mass is 405 g/mol. The summed E-state index contributed by atoms with van der Waals surface area (Å²) in [6.07, 6.45) is -4.71. The minimum Gasteiger partial charge on any atom is -0.406 e. The minimum atomic E-state index is -4.71. The van der Waals surface area contributed by atoms with Gasteiger partial charge in [-0.05, 0) is 37.3 Å². The molecule has 0 amide bonds. The van der Waals surface area contributed by atoms with Gasteiger partial charge in [0, 0.05) is 30.6 Å². The lowest BCUT2D eigenvalue weighted by Gasteiger charge is -2.12. The average molecular weight is 406 g/mol. The fourth-order valence-electron chi connectivity index (χ4n) is 1.96. The van der Waals surface area contributed by atoms with Gasteiger partial charge in [-0.3, -0.25) is 0 Å². The molecule has 0 fully saturated rings. The third-order valence-corrected chi connectivity index (χ3v) is 3.12. The van der Waals surface area contributed by atoms with E-state index in [2.05, 4.69) is 20.4 Å². The van der Waals surface area contributed by atoms with Crippen LogP contribution in [0.25, 0.3) is 0 Å². The van der Waals surface area contributed by atoms with Crippen molar-refractivity contribution in [3.63, 3.8) is 0 Å². The Morgan fingerprint density at radius 3 is 2.33 bits per heavy atom. The molecule has 0 radical (unpaired) electrons. The predicted molar refractivity (Wildman–Crippen MR) is 102 cm³/mol. The van der Waals surface area contributed by atoms with Gasteiger partial charge in [-0.15, -0.1) is 13.2 Å². The Labute approximate surface area is 161 Å². The van der Waals surface area contributed by atoms with Crippen LogP contribution in [0.2, 0.25) is 5.15 Å². The van der Waals surface area contributed by atoms with Crippen LogP contribution in [-0.2, 0) is 4.74 Å². The average Bonchev–Trinajstić information content (AvgIpc) is 2.61. The van der Waals surface area contributed by atoms with Gasteiger partial charge in [-0.1, -0.05) is 25.4 Å². The summed E-state index contributed by atoms with van der Waals surface area (Å²) in [6.45, 7) is 7.65. The number of nitrogens with one attached hydrogen (secondary N) is 2. The van der Waals surface area contributed by atoms with Crippen molar-refractivity contribution < 1.29 is 22.6 Å². The zero-order valence-electron chi connectivity index (χ0n) is 15.4.